The number of hydrogen-bond donors (Lipinski definition) is 2. The van der Waals surface area contributed by atoms with Crippen molar-refractivity contribution in [1.82, 2.24) is 4.98 Å². The Morgan fingerprint density at radius 1 is 1.26 bits per heavy atom. The average molecular weight is 276 g/mol. The molecule has 0 unspecified atom stereocenters. The summed E-state index contributed by atoms with van der Waals surface area (Å²) in [5.41, 5.74) is 0.201. The van der Waals surface area contributed by atoms with E-state index >= 15 is 0 Å². The number of rotatable bonds is 1. The standard InChI is InChI=1S/C14H10ClNO3/c1-7-2-5-11(19-7)12-13(17)9-4-3-8(15)6-10(9)16-14(12)18/h2-6H,1H3,(H2,16,17,18). The molecule has 0 spiro atoms. The summed E-state index contributed by atoms with van der Waals surface area (Å²) >= 11 is 5.86. The Balaban J connectivity index is 2.38. The van der Waals surface area contributed by atoms with Crippen LogP contribution in [0.1, 0.15) is 5.76 Å². The van der Waals surface area contributed by atoms with Crippen molar-refractivity contribution in [3.63, 3.8) is 0 Å². The first-order valence-corrected chi connectivity index (χ1v) is 6.05. The summed E-state index contributed by atoms with van der Waals surface area (Å²) in [5.74, 6) is 0.905. The summed E-state index contributed by atoms with van der Waals surface area (Å²) in [6.45, 7) is 1.77. The Morgan fingerprint density at radius 3 is 2.74 bits per heavy atom. The third kappa shape index (κ3) is 1.90. The molecule has 0 fully saturated rings. The fraction of sp³-hybridized carbons (Fsp3) is 0.0714. The average Bonchev–Trinajstić information content (AvgIpc) is 2.75. The smallest absolute Gasteiger partial charge is 0.263 e. The molecule has 0 saturated carbocycles. The zero-order valence-electron chi connectivity index (χ0n) is 10.0. The highest BCUT2D eigenvalue weighted by Gasteiger charge is 2.16. The van der Waals surface area contributed by atoms with Gasteiger partial charge in [-0.25, -0.2) is 0 Å². The summed E-state index contributed by atoms with van der Waals surface area (Å²) in [6.07, 6.45) is 0. The molecule has 0 radical (unpaired) electrons. The second-order valence-corrected chi connectivity index (χ2v) is 4.71. The van der Waals surface area contributed by atoms with Crippen LogP contribution in [0.2, 0.25) is 5.02 Å². The Bertz CT molecular complexity index is 832. The van der Waals surface area contributed by atoms with Gasteiger partial charge < -0.3 is 14.5 Å². The first kappa shape index (κ1) is 11.9. The van der Waals surface area contributed by atoms with Crippen LogP contribution in [0, 0.1) is 6.92 Å². The SMILES string of the molecule is Cc1ccc(-c2c(O)c3ccc(Cl)cc3[nH]c2=O)o1. The largest absolute Gasteiger partial charge is 0.506 e. The minimum absolute atomic E-state index is 0.107. The summed E-state index contributed by atoms with van der Waals surface area (Å²) in [4.78, 5) is 14.7. The molecule has 4 nitrogen and oxygen atoms in total. The number of aromatic amines is 1. The molecule has 96 valence electrons. The molecular formula is C14H10ClNO3. The van der Waals surface area contributed by atoms with Gasteiger partial charge in [0.25, 0.3) is 5.56 Å². The molecule has 2 heterocycles. The molecule has 2 N–H and O–H groups in total. The van der Waals surface area contributed by atoms with E-state index in [1.807, 2.05) is 0 Å². The molecular weight excluding hydrogens is 266 g/mol. The molecule has 19 heavy (non-hydrogen) atoms. The molecule has 0 atom stereocenters. The van der Waals surface area contributed by atoms with Crippen LogP contribution in [0.15, 0.2) is 39.5 Å². The lowest BCUT2D eigenvalue weighted by atomic mass is 10.1. The number of pyridine rings is 1. The number of halogens is 1. The Kier molecular flexibility index (Phi) is 2.61. The van der Waals surface area contributed by atoms with Gasteiger partial charge in [0.1, 0.15) is 22.8 Å². The monoisotopic (exact) mass is 275 g/mol. The maximum atomic E-state index is 12.1. The van der Waals surface area contributed by atoms with Crippen LogP contribution in [-0.4, -0.2) is 10.1 Å². The zero-order chi connectivity index (χ0) is 13.6. The fourth-order valence-electron chi connectivity index (χ4n) is 2.05. The minimum atomic E-state index is -0.415. The minimum Gasteiger partial charge on any atom is -0.506 e. The molecule has 1 aromatic carbocycles. The van der Waals surface area contributed by atoms with E-state index in [1.165, 1.54) is 0 Å². The highest BCUT2D eigenvalue weighted by Crippen LogP contribution is 2.33. The van der Waals surface area contributed by atoms with Crippen molar-refractivity contribution in [2.45, 2.75) is 6.92 Å². The van der Waals surface area contributed by atoms with Crippen LogP contribution in [-0.2, 0) is 0 Å². The van der Waals surface area contributed by atoms with Gasteiger partial charge in [0, 0.05) is 10.4 Å². The highest BCUT2D eigenvalue weighted by atomic mass is 35.5. The fourth-order valence-corrected chi connectivity index (χ4v) is 2.22. The molecule has 5 heteroatoms. The van der Waals surface area contributed by atoms with Gasteiger partial charge in [-0.15, -0.1) is 0 Å². The van der Waals surface area contributed by atoms with Crippen molar-refractivity contribution >= 4 is 22.5 Å². The van der Waals surface area contributed by atoms with E-state index in [0.717, 1.165) is 0 Å². The second kappa shape index (κ2) is 4.17. The van der Waals surface area contributed by atoms with Crippen LogP contribution >= 0.6 is 11.6 Å². The number of benzene rings is 1. The molecule has 0 aliphatic rings. The number of fused-ring (bicyclic) bond motifs is 1. The van der Waals surface area contributed by atoms with E-state index in [-0.39, 0.29) is 11.3 Å². The predicted octanol–water partition coefficient (Wildman–Crippen LogP) is 3.46. The van der Waals surface area contributed by atoms with Crippen LogP contribution in [0.25, 0.3) is 22.2 Å². The molecule has 2 aromatic heterocycles. The first-order chi connectivity index (χ1) is 9.06. The number of aromatic hydroxyl groups is 1. The van der Waals surface area contributed by atoms with Gasteiger partial charge in [0.05, 0.1) is 5.52 Å². The lowest BCUT2D eigenvalue weighted by molar-refractivity contribution is 0.477. The third-order valence-corrected chi connectivity index (χ3v) is 3.17. The second-order valence-electron chi connectivity index (χ2n) is 4.28. The lowest BCUT2D eigenvalue weighted by Gasteiger charge is -2.05. The van der Waals surface area contributed by atoms with Crippen LogP contribution < -0.4 is 5.56 Å². The topological polar surface area (TPSA) is 66.2 Å². The van der Waals surface area contributed by atoms with Crippen LogP contribution in [0.4, 0.5) is 0 Å². The van der Waals surface area contributed by atoms with E-state index < -0.39 is 5.56 Å². The predicted molar refractivity (Wildman–Crippen MR) is 73.7 cm³/mol. The van der Waals surface area contributed by atoms with Crippen molar-refractivity contribution in [2.24, 2.45) is 0 Å². The number of hydrogen-bond acceptors (Lipinski definition) is 3. The molecule has 0 amide bonds. The van der Waals surface area contributed by atoms with Gasteiger partial charge >= 0.3 is 0 Å². The first-order valence-electron chi connectivity index (χ1n) is 5.67. The van der Waals surface area contributed by atoms with E-state index in [1.54, 1.807) is 37.3 Å². The van der Waals surface area contributed by atoms with Gasteiger partial charge in [-0.05, 0) is 37.3 Å². The van der Waals surface area contributed by atoms with Crippen LogP contribution in [0.5, 0.6) is 5.75 Å². The van der Waals surface area contributed by atoms with Crippen molar-refractivity contribution in [3.05, 3.63) is 51.5 Å². The summed E-state index contributed by atoms with van der Waals surface area (Å²) in [6, 6.07) is 8.29. The molecule has 3 aromatic rings. The zero-order valence-corrected chi connectivity index (χ0v) is 10.8. The van der Waals surface area contributed by atoms with Gasteiger partial charge in [-0.1, -0.05) is 11.6 Å². The number of furan rings is 1. The van der Waals surface area contributed by atoms with E-state index in [0.29, 0.717) is 27.4 Å². The van der Waals surface area contributed by atoms with Crippen molar-refractivity contribution in [2.75, 3.05) is 0 Å². The number of aryl methyl sites for hydroxylation is 1. The third-order valence-electron chi connectivity index (χ3n) is 2.94. The molecule has 0 aliphatic carbocycles. The van der Waals surface area contributed by atoms with Crippen molar-refractivity contribution in [3.8, 4) is 17.1 Å². The maximum Gasteiger partial charge on any atom is 0.263 e. The highest BCUT2D eigenvalue weighted by molar-refractivity contribution is 6.31. The number of aromatic nitrogens is 1. The van der Waals surface area contributed by atoms with E-state index in [4.69, 9.17) is 16.0 Å². The normalized spacial score (nSPS) is 11.1. The summed E-state index contributed by atoms with van der Waals surface area (Å²) < 4.78 is 5.40. The summed E-state index contributed by atoms with van der Waals surface area (Å²) in [5, 5.41) is 11.3. The number of H-pyrrole nitrogens is 1. The van der Waals surface area contributed by atoms with Gasteiger partial charge in [-0.2, -0.15) is 0 Å². The number of nitrogens with one attached hydrogen (secondary N) is 1. The van der Waals surface area contributed by atoms with Gasteiger partial charge in [0.2, 0.25) is 0 Å². The quantitative estimate of drug-likeness (QED) is 0.715. The Hall–Kier alpha value is -2.20. The van der Waals surface area contributed by atoms with Gasteiger partial charge in [0.15, 0.2) is 0 Å². The molecule has 0 aliphatic heterocycles. The maximum absolute atomic E-state index is 12.1. The van der Waals surface area contributed by atoms with Crippen molar-refractivity contribution < 1.29 is 9.52 Å². The molecule has 0 saturated heterocycles. The van der Waals surface area contributed by atoms with Crippen molar-refractivity contribution in [1.29, 1.82) is 0 Å². The van der Waals surface area contributed by atoms with Gasteiger partial charge in [-0.3, -0.25) is 4.79 Å². The van der Waals surface area contributed by atoms with E-state index in [2.05, 4.69) is 4.98 Å². The summed E-state index contributed by atoms with van der Waals surface area (Å²) in [7, 11) is 0. The molecule has 3 rings (SSSR count). The lowest BCUT2D eigenvalue weighted by Crippen LogP contribution is -2.08. The van der Waals surface area contributed by atoms with Crippen LogP contribution in [0.3, 0.4) is 0 Å². The molecule has 0 bridgehead atoms. The Labute approximate surface area is 113 Å². The van der Waals surface area contributed by atoms with E-state index in [9.17, 15) is 9.90 Å². The Morgan fingerprint density at radius 2 is 2.05 bits per heavy atom.